The average molecular weight is 465 g/mol. The summed E-state index contributed by atoms with van der Waals surface area (Å²) < 4.78 is 4.92. The van der Waals surface area contributed by atoms with Crippen LogP contribution >= 0.6 is 25.3 Å². The van der Waals surface area contributed by atoms with Crippen molar-refractivity contribution in [2.45, 2.75) is 116 Å². The Kier molecular flexibility index (Phi) is 24.7. The van der Waals surface area contributed by atoms with Gasteiger partial charge in [0.25, 0.3) is 0 Å². The maximum Gasteiger partial charge on any atom is 0.316 e. The summed E-state index contributed by atoms with van der Waals surface area (Å²) in [6.45, 7) is 9.58. The van der Waals surface area contributed by atoms with Crippen LogP contribution in [0.3, 0.4) is 0 Å². The van der Waals surface area contributed by atoms with Crippen LogP contribution in [0.5, 0.6) is 0 Å². The molecule has 0 aromatic rings. The van der Waals surface area contributed by atoms with E-state index in [9.17, 15) is 9.59 Å². The summed E-state index contributed by atoms with van der Waals surface area (Å²) in [5, 5.41) is 8.14. The number of rotatable bonds is 18. The van der Waals surface area contributed by atoms with E-state index in [4.69, 9.17) is 9.84 Å². The lowest BCUT2D eigenvalue weighted by molar-refractivity contribution is -0.140. The van der Waals surface area contributed by atoms with Crippen LogP contribution in [0.1, 0.15) is 111 Å². The number of ether oxygens (including phenoxy) is 1. The normalized spacial score (nSPS) is 11.9. The van der Waals surface area contributed by atoms with Crippen LogP contribution in [0.4, 0.5) is 0 Å². The van der Waals surface area contributed by atoms with E-state index >= 15 is 0 Å². The first-order chi connectivity index (χ1) is 14.2. The predicted octanol–water partition coefficient (Wildman–Crippen LogP) is 7.21. The summed E-state index contributed by atoms with van der Waals surface area (Å²) in [6.07, 6.45) is 15.3. The van der Waals surface area contributed by atoms with Crippen LogP contribution in [0.25, 0.3) is 0 Å². The van der Waals surface area contributed by atoms with Crippen LogP contribution in [0, 0.1) is 11.8 Å². The van der Waals surface area contributed by atoms with Gasteiger partial charge in [0.2, 0.25) is 0 Å². The second-order valence-electron chi connectivity index (χ2n) is 8.92. The smallest absolute Gasteiger partial charge is 0.316 e. The number of carbonyl (C=O) groups is 2. The third kappa shape index (κ3) is 27.6. The van der Waals surface area contributed by atoms with Gasteiger partial charge in [-0.2, -0.15) is 25.3 Å². The molecule has 0 saturated heterocycles. The molecule has 0 aromatic heterocycles. The molecule has 0 fully saturated rings. The van der Waals surface area contributed by atoms with Crippen molar-refractivity contribution in [1.82, 2.24) is 0 Å². The first-order valence-corrected chi connectivity index (χ1v) is 13.0. The Morgan fingerprint density at radius 3 is 1.53 bits per heavy atom. The molecule has 6 heteroatoms. The van der Waals surface area contributed by atoms with Gasteiger partial charge in [-0.25, -0.2) is 0 Å². The molecule has 4 nitrogen and oxygen atoms in total. The summed E-state index contributed by atoms with van der Waals surface area (Å²) in [5.74, 6) is 0.811. The maximum atomic E-state index is 10.7. The molecule has 0 saturated carbocycles. The number of carboxylic acid groups (broad SMARTS) is 1. The topological polar surface area (TPSA) is 63.6 Å². The van der Waals surface area contributed by atoms with E-state index in [0.717, 1.165) is 37.5 Å². The van der Waals surface area contributed by atoms with E-state index in [2.05, 4.69) is 53.0 Å². The molecule has 0 heterocycles. The van der Waals surface area contributed by atoms with Crippen molar-refractivity contribution in [2.75, 3.05) is 12.4 Å². The van der Waals surface area contributed by atoms with E-state index in [-0.39, 0.29) is 11.7 Å². The fraction of sp³-hybridized carbons (Fsp3) is 0.917. The Hall–Kier alpha value is -0.360. The quantitative estimate of drug-likeness (QED) is 0.114. The Morgan fingerprint density at radius 2 is 1.13 bits per heavy atom. The highest BCUT2D eigenvalue weighted by Gasteiger charge is 2.10. The molecule has 180 valence electrons. The summed E-state index contributed by atoms with van der Waals surface area (Å²) in [7, 11) is 0. The van der Waals surface area contributed by atoms with Gasteiger partial charge in [-0.05, 0) is 24.7 Å². The Balaban J connectivity index is 0. The minimum absolute atomic E-state index is 0.189. The van der Waals surface area contributed by atoms with E-state index in [1.165, 1.54) is 51.4 Å². The van der Waals surface area contributed by atoms with E-state index in [1.54, 1.807) is 0 Å². The highest BCUT2D eigenvalue weighted by Crippen LogP contribution is 2.13. The minimum atomic E-state index is -0.793. The number of carboxylic acids is 1. The van der Waals surface area contributed by atoms with Crippen molar-refractivity contribution in [1.29, 1.82) is 0 Å². The van der Waals surface area contributed by atoms with Crippen molar-refractivity contribution < 1.29 is 19.4 Å². The van der Waals surface area contributed by atoms with Gasteiger partial charge in [-0.15, -0.1) is 0 Å². The van der Waals surface area contributed by atoms with Gasteiger partial charge in [0.1, 0.15) is 0 Å². The van der Waals surface area contributed by atoms with Gasteiger partial charge in [0.05, 0.1) is 17.6 Å². The summed E-state index contributed by atoms with van der Waals surface area (Å²) in [6, 6.07) is 0. The third-order valence-electron chi connectivity index (χ3n) is 4.86. The first-order valence-electron chi connectivity index (χ1n) is 11.9. The molecule has 1 N–H and O–H groups in total. The lowest BCUT2D eigenvalue weighted by Gasteiger charge is -2.06. The molecule has 0 bridgehead atoms. The number of hydrogen-bond donors (Lipinski definition) is 3. The standard InChI is InChI=1S/2C12H24O2S/c1-11(2)8-6-4-3-5-7-9-14-12(13)10-15;1-10(2)8-6-4-3-5-7-9-11(15)12(13)14/h11,15H,3-10H2,1-2H3;10-11,15H,3-9H2,1-2H3,(H,13,14). The van der Waals surface area contributed by atoms with Crippen LogP contribution < -0.4 is 0 Å². The molecule has 0 spiro atoms. The number of unbranched alkanes of at least 4 members (excludes halogenated alkanes) is 8. The number of hydrogen-bond acceptors (Lipinski definition) is 5. The zero-order chi connectivity index (χ0) is 23.2. The second-order valence-corrected chi connectivity index (χ2v) is 9.86. The second kappa shape index (κ2) is 23.3. The first kappa shape index (κ1) is 31.8. The lowest BCUT2D eigenvalue weighted by Crippen LogP contribution is -2.12. The van der Waals surface area contributed by atoms with Crippen molar-refractivity contribution >= 4 is 37.2 Å². The molecular weight excluding hydrogens is 416 g/mol. The largest absolute Gasteiger partial charge is 0.480 e. The number of thiol groups is 2. The zero-order valence-electron chi connectivity index (χ0n) is 19.9. The molecule has 0 aliphatic carbocycles. The zero-order valence-corrected chi connectivity index (χ0v) is 21.7. The molecule has 0 radical (unpaired) electrons. The average Bonchev–Trinajstić information content (AvgIpc) is 2.68. The molecular formula is C24H48O4S2. The molecule has 0 aliphatic heterocycles. The van der Waals surface area contributed by atoms with E-state index in [1.807, 2.05) is 0 Å². The van der Waals surface area contributed by atoms with Crippen molar-refractivity contribution in [3.8, 4) is 0 Å². The number of aliphatic carboxylic acids is 1. The summed E-state index contributed by atoms with van der Waals surface area (Å²) in [4.78, 5) is 21.2. The lowest BCUT2D eigenvalue weighted by atomic mass is 10.0. The van der Waals surface area contributed by atoms with Crippen LogP contribution in [-0.2, 0) is 14.3 Å². The molecule has 0 aliphatic rings. The van der Waals surface area contributed by atoms with Crippen molar-refractivity contribution in [3.63, 3.8) is 0 Å². The number of carbonyl (C=O) groups excluding carboxylic acids is 1. The molecule has 1 unspecified atom stereocenters. The minimum Gasteiger partial charge on any atom is -0.480 e. The van der Waals surface area contributed by atoms with Gasteiger partial charge >= 0.3 is 11.9 Å². The van der Waals surface area contributed by atoms with E-state index in [0.29, 0.717) is 13.0 Å². The third-order valence-corrected chi connectivity index (χ3v) is 5.60. The maximum absolute atomic E-state index is 10.7. The predicted molar refractivity (Wildman–Crippen MR) is 135 cm³/mol. The molecule has 0 amide bonds. The molecule has 1 atom stereocenters. The van der Waals surface area contributed by atoms with Gasteiger partial charge in [0, 0.05) is 0 Å². The Bertz CT molecular complexity index is 399. The van der Waals surface area contributed by atoms with Crippen molar-refractivity contribution in [3.05, 3.63) is 0 Å². The highest BCUT2D eigenvalue weighted by molar-refractivity contribution is 7.81. The highest BCUT2D eigenvalue weighted by atomic mass is 32.1. The number of esters is 1. The summed E-state index contributed by atoms with van der Waals surface area (Å²) >= 11 is 7.83. The monoisotopic (exact) mass is 464 g/mol. The molecule has 0 aromatic carbocycles. The molecule has 0 rings (SSSR count). The van der Waals surface area contributed by atoms with Gasteiger partial charge in [-0.1, -0.05) is 98.3 Å². The Labute approximate surface area is 197 Å². The molecule has 30 heavy (non-hydrogen) atoms. The van der Waals surface area contributed by atoms with Gasteiger partial charge in [0.15, 0.2) is 0 Å². The van der Waals surface area contributed by atoms with Gasteiger partial charge < -0.3 is 9.84 Å². The van der Waals surface area contributed by atoms with Gasteiger partial charge in [-0.3, -0.25) is 9.59 Å². The van der Waals surface area contributed by atoms with Crippen LogP contribution in [-0.4, -0.2) is 34.7 Å². The van der Waals surface area contributed by atoms with E-state index < -0.39 is 11.2 Å². The fourth-order valence-electron chi connectivity index (χ4n) is 2.96. The SMILES string of the molecule is CC(C)CCCCCCCC(S)C(=O)O.CC(C)CCCCCCCOC(=O)CS. The Morgan fingerprint density at radius 1 is 0.733 bits per heavy atom. The summed E-state index contributed by atoms with van der Waals surface area (Å²) in [5.41, 5.74) is 0. The van der Waals surface area contributed by atoms with Crippen LogP contribution in [0.2, 0.25) is 0 Å². The van der Waals surface area contributed by atoms with Crippen molar-refractivity contribution in [2.24, 2.45) is 11.8 Å². The fourth-order valence-corrected chi connectivity index (χ4v) is 3.23. The van der Waals surface area contributed by atoms with Crippen LogP contribution in [0.15, 0.2) is 0 Å².